The van der Waals surface area contributed by atoms with Gasteiger partial charge < -0.3 is 10.2 Å². The number of sulfone groups is 1. The molecule has 2 fully saturated rings. The molecule has 1 amide bonds. The van der Waals surface area contributed by atoms with Crippen molar-refractivity contribution in [2.24, 2.45) is 11.8 Å². The fraction of sp³-hybridized carbons (Fsp3) is 0.394. The first kappa shape index (κ1) is 30.4. The number of carbonyl (C=O) groups is 2. The number of amides is 1. The second kappa shape index (κ2) is 13.5. The number of hydrogen-bond donors (Lipinski definition) is 1. The standard InChI is InChI=1S/C33H36ClFN2O4S/c34-27-7-15-31(16-8-27)42(40,41)30-13-5-26(6-14-30)33(39)36-29-11-1-23(2-12-29)17-20-37-21-18-25(19-22-37)32(38)24-3-9-28(35)10-4-24/h3-10,13-16,23,25,29H,1-2,11-12,17-22H2,(H,36,39)/t23-,29-. The third kappa shape index (κ3) is 7.46. The lowest BCUT2D eigenvalue weighted by Crippen LogP contribution is -2.39. The maximum Gasteiger partial charge on any atom is 0.251 e. The number of nitrogens with zero attached hydrogens (tertiary/aromatic N) is 1. The molecule has 222 valence electrons. The zero-order valence-corrected chi connectivity index (χ0v) is 25.0. The van der Waals surface area contributed by atoms with Crippen LogP contribution in [0.1, 0.15) is 65.7 Å². The first-order chi connectivity index (χ1) is 20.2. The van der Waals surface area contributed by atoms with Crippen molar-refractivity contribution in [3.05, 3.63) is 94.8 Å². The van der Waals surface area contributed by atoms with E-state index >= 15 is 0 Å². The Morgan fingerprint density at radius 3 is 1.93 bits per heavy atom. The Morgan fingerprint density at radius 2 is 1.33 bits per heavy atom. The van der Waals surface area contributed by atoms with Crippen LogP contribution in [0.4, 0.5) is 4.39 Å². The largest absolute Gasteiger partial charge is 0.349 e. The van der Waals surface area contributed by atoms with Gasteiger partial charge in [-0.25, -0.2) is 12.8 Å². The molecular formula is C33H36ClFN2O4S. The molecule has 6 nitrogen and oxygen atoms in total. The normalized spacial score (nSPS) is 20.2. The molecule has 1 aliphatic carbocycles. The highest BCUT2D eigenvalue weighted by Crippen LogP contribution is 2.29. The summed E-state index contributed by atoms with van der Waals surface area (Å²) in [7, 11) is -3.69. The van der Waals surface area contributed by atoms with Crippen molar-refractivity contribution in [2.45, 2.75) is 60.8 Å². The number of rotatable bonds is 9. The summed E-state index contributed by atoms with van der Waals surface area (Å²) in [6.45, 7) is 2.83. The zero-order valence-electron chi connectivity index (χ0n) is 23.5. The zero-order chi connectivity index (χ0) is 29.7. The Morgan fingerprint density at radius 1 is 0.786 bits per heavy atom. The Balaban J connectivity index is 1.02. The van der Waals surface area contributed by atoms with E-state index in [0.29, 0.717) is 22.1 Å². The lowest BCUT2D eigenvalue weighted by molar-refractivity contribution is 0.0832. The summed E-state index contributed by atoms with van der Waals surface area (Å²) in [5.74, 6) is 0.235. The molecule has 0 spiro atoms. The minimum atomic E-state index is -3.69. The Bertz CT molecular complexity index is 1480. The lowest BCUT2D eigenvalue weighted by Gasteiger charge is -2.34. The number of carbonyl (C=O) groups excluding carboxylic acids is 2. The molecule has 1 aliphatic heterocycles. The summed E-state index contributed by atoms with van der Waals surface area (Å²) < 4.78 is 38.9. The number of Topliss-reactive ketones (excluding diaryl/α,β-unsaturated/α-hetero) is 1. The van der Waals surface area contributed by atoms with Crippen molar-refractivity contribution >= 4 is 33.1 Å². The minimum absolute atomic E-state index is 0.00912. The van der Waals surface area contributed by atoms with Crippen molar-refractivity contribution in [2.75, 3.05) is 19.6 Å². The second-order valence-electron chi connectivity index (χ2n) is 11.4. The lowest BCUT2D eigenvalue weighted by atomic mass is 9.83. The van der Waals surface area contributed by atoms with Gasteiger partial charge >= 0.3 is 0 Å². The van der Waals surface area contributed by atoms with Gasteiger partial charge in [-0.3, -0.25) is 9.59 Å². The highest BCUT2D eigenvalue weighted by Gasteiger charge is 2.28. The smallest absolute Gasteiger partial charge is 0.251 e. The summed E-state index contributed by atoms with van der Waals surface area (Å²) in [6, 6.07) is 18.0. The van der Waals surface area contributed by atoms with Crippen LogP contribution in [0.5, 0.6) is 0 Å². The predicted octanol–water partition coefficient (Wildman–Crippen LogP) is 6.59. The van der Waals surface area contributed by atoms with Crippen LogP contribution >= 0.6 is 11.6 Å². The quantitative estimate of drug-likeness (QED) is 0.277. The number of ketones is 1. The third-order valence-electron chi connectivity index (χ3n) is 8.67. The van der Waals surface area contributed by atoms with E-state index in [1.807, 2.05) is 0 Å². The number of piperidine rings is 1. The van der Waals surface area contributed by atoms with Crippen molar-refractivity contribution in [1.82, 2.24) is 10.2 Å². The molecule has 9 heteroatoms. The fourth-order valence-corrected chi connectivity index (χ4v) is 7.42. The van der Waals surface area contributed by atoms with E-state index in [4.69, 9.17) is 11.6 Å². The van der Waals surface area contributed by atoms with Crippen molar-refractivity contribution in [3.63, 3.8) is 0 Å². The third-order valence-corrected chi connectivity index (χ3v) is 10.7. The number of hydrogen-bond acceptors (Lipinski definition) is 5. The van der Waals surface area contributed by atoms with Crippen LogP contribution in [0.3, 0.4) is 0 Å². The van der Waals surface area contributed by atoms with Crippen molar-refractivity contribution in [1.29, 1.82) is 0 Å². The SMILES string of the molecule is O=C(N[C@H]1CC[C@H](CCN2CCC(C(=O)c3ccc(F)cc3)CC2)CC1)c1ccc(S(=O)(=O)c2ccc(Cl)cc2)cc1. The average Bonchev–Trinajstić information content (AvgIpc) is 3.01. The van der Waals surface area contributed by atoms with Gasteiger partial charge in [-0.2, -0.15) is 0 Å². The van der Waals surface area contributed by atoms with Gasteiger partial charge in [0.1, 0.15) is 5.82 Å². The summed E-state index contributed by atoms with van der Waals surface area (Å²) >= 11 is 5.87. The van der Waals surface area contributed by atoms with Gasteiger partial charge in [0.2, 0.25) is 9.84 Å². The van der Waals surface area contributed by atoms with E-state index in [1.54, 1.807) is 24.3 Å². The molecule has 42 heavy (non-hydrogen) atoms. The van der Waals surface area contributed by atoms with Crippen LogP contribution in [-0.4, -0.2) is 50.7 Å². The summed E-state index contributed by atoms with van der Waals surface area (Å²) in [5, 5.41) is 3.59. The number of halogens is 2. The Kier molecular flexibility index (Phi) is 9.76. The number of nitrogens with one attached hydrogen (secondary N) is 1. The summed E-state index contributed by atoms with van der Waals surface area (Å²) in [4.78, 5) is 28.3. The molecule has 1 N–H and O–H groups in total. The highest BCUT2D eigenvalue weighted by molar-refractivity contribution is 7.91. The second-order valence-corrected chi connectivity index (χ2v) is 13.8. The number of benzene rings is 3. The van der Waals surface area contributed by atoms with Crippen molar-refractivity contribution < 1.29 is 22.4 Å². The van der Waals surface area contributed by atoms with Crippen LogP contribution in [-0.2, 0) is 9.84 Å². The van der Waals surface area contributed by atoms with Crippen LogP contribution in [0.15, 0.2) is 82.6 Å². The van der Waals surface area contributed by atoms with E-state index in [1.165, 1.54) is 48.5 Å². The van der Waals surface area contributed by atoms with E-state index in [9.17, 15) is 22.4 Å². The maximum absolute atomic E-state index is 13.2. The van der Waals surface area contributed by atoms with Gasteiger partial charge in [-0.15, -0.1) is 0 Å². The van der Waals surface area contributed by atoms with Gasteiger partial charge in [-0.1, -0.05) is 11.6 Å². The molecule has 0 unspecified atom stereocenters. The molecule has 3 aromatic carbocycles. The highest BCUT2D eigenvalue weighted by atomic mass is 35.5. The maximum atomic E-state index is 13.2. The van der Waals surface area contributed by atoms with E-state index < -0.39 is 9.84 Å². The Labute approximate surface area is 252 Å². The molecule has 1 heterocycles. The molecule has 0 atom stereocenters. The molecule has 1 saturated carbocycles. The molecule has 5 rings (SSSR count). The van der Waals surface area contributed by atoms with Gasteiger partial charge in [0.15, 0.2) is 5.78 Å². The van der Waals surface area contributed by atoms with Crippen LogP contribution in [0, 0.1) is 17.7 Å². The molecule has 2 aliphatic rings. The molecular weight excluding hydrogens is 575 g/mol. The monoisotopic (exact) mass is 610 g/mol. The average molecular weight is 611 g/mol. The minimum Gasteiger partial charge on any atom is -0.349 e. The predicted molar refractivity (Wildman–Crippen MR) is 161 cm³/mol. The molecule has 3 aromatic rings. The molecule has 0 aromatic heterocycles. The van der Waals surface area contributed by atoms with Crippen LogP contribution in [0.2, 0.25) is 5.02 Å². The Hall–Kier alpha value is -3.07. The first-order valence-corrected chi connectivity index (χ1v) is 16.5. The molecule has 0 bridgehead atoms. The fourth-order valence-electron chi connectivity index (χ4n) is 6.03. The summed E-state index contributed by atoms with van der Waals surface area (Å²) in [6.07, 6.45) is 6.75. The van der Waals surface area contributed by atoms with E-state index in [2.05, 4.69) is 10.2 Å². The van der Waals surface area contributed by atoms with Gasteiger partial charge in [0.25, 0.3) is 5.91 Å². The topological polar surface area (TPSA) is 83.6 Å². The van der Waals surface area contributed by atoms with Crippen LogP contribution < -0.4 is 5.32 Å². The van der Waals surface area contributed by atoms with E-state index in [-0.39, 0.29) is 39.3 Å². The molecule has 0 radical (unpaired) electrons. The van der Waals surface area contributed by atoms with Crippen molar-refractivity contribution in [3.8, 4) is 0 Å². The van der Waals surface area contributed by atoms with Gasteiger partial charge in [-0.05, 0) is 143 Å². The first-order valence-electron chi connectivity index (χ1n) is 14.6. The van der Waals surface area contributed by atoms with Gasteiger partial charge in [0.05, 0.1) is 9.79 Å². The van der Waals surface area contributed by atoms with E-state index in [0.717, 1.165) is 64.6 Å². The number of likely N-dealkylation sites (tertiary alicyclic amines) is 1. The van der Waals surface area contributed by atoms with Gasteiger partial charge in [0, 0.05) is 28.1 Å². The molecule has 1 saturated heterocycles. The summed E-state index contributed by atoms with van der Waals surface area (Å²) in [5.41, 5.74) is 1.03. The van der Waals surface area contributed by atoms with Crippen LogP contribution in [0.25, 0.3) is 0 Å².